The maximum absolute atomic E-state index is 12.7. The zero-order valence-electron chi connectivity index (χ0n) is 14.2. The molecule has 9 heteroatoms. The lowest BCUT2D eigenvalue weighted by Gasteiger charge is -2.31. The van der Waals surface area contributed by atoms with E-state index >= 15 is 0 Å². The van der Waals surface area contributed by atoms with Crippen molar-refractivity contribution in [2.45, 2.75) is 44.8 Å². The van der Waals surface area contributed by atoms with E-state index in [-0.39, 0.29) is 23.9 Å². The second-order valence-electron chi connectivity index (χ2n) is 6.28. The minimum Gasteiger partial charge on any atom is -0.462 e. The first kappa shape index (κ1) is 18.9. The summed E-state index contributed by atoms with van der Waals surface area (Å²) in [7, 11) is 0. The molecule has 0 unspecified atom stereocenters. The first-order chi connectivity index (χ1) is 11.6. The van der Waals surface area contributed by atoms with Gasteiger partial charge in [-0.3, -0.25) is 4.57 Å². The van der Waals surface area contributed by atoms with E-state index in [1.165, 1.54) is 6.92 Å². The largest absolute Gasteiger partial charge is 0.462 e. The van der Waals surface area contributed by atoms with Gasteiger partial charge in [0.05, 0.1) is 18.3 Å². The van der Waals surface area contributed by atoms with Crippen molar-refractivity contribution in [1.29, 1.82) is 0 Å². The number of carbonyl (C=O) groups is 1. The van der Waals surface area contributed by atoms with Crippen LogP contribution < -0.4 is 11.4 Å². The highest BCUT2D eigenvalue weighted by atomic mass is 16.6. The number of ether oxygens (including phenoxy) is 2. The number of aliphatic hydroxyl groups is 2. The van der Waals surface area contributed by atoms with Gasteiger partial charge in [0.1, 0.15) is 18.0 Å². The standard InChI is InChI=1S/C16H21N3O6/c1-5-10-6-19(15(23)18-13(10)17)16(14(22)24-7-8(2)3)12(21)11(20)9(4)25-16/h1,6,8-9,11-12,20-21H,7H2,2-4H3,(H2,17,18,23)/t9-,11-,12-,16+/m1/s1. The summed E-state index contributed by atoms with van der Waals surface area (Å²) in [5.41, 5.74) is 2.32. The van der Waals surface area contributed by atoms with Gasteiger partial charge < -0.3 is 25.4 Å². The highest BCUT2D eigenvalue weighted by Crippen LogP contribution is 2.36. The number of anilines is 1. The minimum absolute atomic E-state index is 0.00410. The minimum atomic E-state index is -2.31. The van der Waals surface area contributed by atoms with Crippen molar-refractivity contribution in [3.63, 3.8) is 0 Å². The van der Waals surface area contributed by atoms with Crippen molar-refractivity contribution in [2.24, 2.45) is 5.92 Å². The average molecular weight is 351 g/mol. The molecule has 2 rings (SSSR count). The van der Waals surface area contributed by atoms with Crippen LogP contribution >= 0.6 is 0 Å². The summed E-state index contributed by atoms with van der Waals surface area (Å²) in [6, 6.07) is 0. The number of hydrogen-bond acceptors (Lipinski definition) is 8. The van der Waals surface area contributed by atoms with Crippen LogP contribution in [0.25, 0.3) is 0 Å². The molecule has 0 saturated carbocycles. The number of aliphatic hydroxyl groups excluding tert-OH is 2. The van der Waals surface area contributed by atoms with E-state index in [1.54, 1.807) is 0 Å². The molecule has 9 nitrogen and oxygen atoms in total. The summed E-state index contributed by atoms with van der Waals surface area (Å²) in [6.45, 7) is 5.11. The molecule has 0 amide bonds. The number of esters is 1. The van der Waals surface area contributed by atoms with E-state index in [1.807, 2.05) is 13.8 Å². The van der Waals surface area contributed by atoms with Crippen LogP contribution in [0.3, 0.4) is 0 Å². The maximum Gasteiger partial charge on any atom is 0.363 e. The number of terminal acetylenes is 1. The summed E-state index contributed by atoms with van der Waals surface area (Å²) in [6.07, 6.45) is 2.26. The lowest BCUT2D eigenvalue weighted by Crippen LogP contribution is -2.57. The predicted molar refractivity (Wildman–Crippen MR) is 87.2 cm³/mol. The summed E-state index contributed by atoms with van der Waals surface area (Å²) >= 11 is 0. The number of hydrogen-bond donors (Lipinski definition) is 3. The molecule has 0 radical (unpaired) electrons. The third kappa shape index (κ3) is 3.11. The number of rotatable bonds is 4. The van der Waals surface area contributed by atoms with Gasteiger partial charge in [-0.25, -0.2) is 9.59 Å². The van der Waals surface area contributed by atoms with Gasteiger partial charge in [0.25, 0.3) is 5.72 Å². The Balaban J connectivity index is 2.64. The molecule has 1 saturated heterocycles. The zero-order chi connectivity index (χ0) is 18.9. The van der Waals surface area contributed by atoms with Crippen molar-refractivity contribution >= 4 is 11.8 Å². The molecule has 0 spiro atoms. The maximum atomic E-state index is 12.7. The summed E-state index contributed by atoms with van der Waals surface area (Å²) in [4.78, 5) is 28.6. The van der Waals surface area contributed by atoms with Crippen molar-refractivity contribution in [3.05, 3.63) is 22.2 Å². The summed E-state index contributed by atoms with van der Waals surface area (Å²) < 4.78 is 11.4. The number of aromatic nitrogens is 2. The Hall–Kier alpha value is -2.41. The van der Waals surface area contributed by atoms with Crippen LogP contribution in [0.15, 0.2) is 11.0 Å². The first-order valence-corrected chi connectivity index (χ1v) is 7.72. The SMILES string of the molecule is C#Cc1cn([C@]2(C(=O)OCC(C)C)O[C@H](C)[C@@H](O)[C@H]2O)c(=O)nc1N. The lowest BCUT2D eigenvalue weighted by atomic mass is 10.0. The van der Waals surface area contributed by atoms with Gasteiger partial charge in [-0.05, 0) is 12.8 Å². The molecule has 0 aliphatic carbocycles. The molecule has 2 heterocycles. The normalized spacial score (nSPS) is 28.8. The topological polar surface area (TPSA) is 137 Å². The molecule has 25 heavy (non-hydrogen) atoms. The zero-order valence-corrected chi connectivity index (χ0v) is 14.2. The van der Waals surface area contributed by atoms with Crippen LogP contribution in [-0.2, 0) is 20.0 Å². The third-order valence-corrected chi connectivity index (χ3v) is 3.88. The Labute approximate surface area is 144 Å². The van der Waals surface area contributed by atoms with E-state index in [0.29, 0.717) is 0 Å². The van der Waals surface area contributed by atoms with Crippen molar-refractivity contribution in [3.8, 4) is 12.3 Å². The van der Waals surface area contributed by atoms with Gasteiger partial charge in [0, 0.05) is 6.20 Å². The van der Waals surface area contributed by atoms with Crippen LogP contribution in [-0.4, -0.2) is 50.7 Å². The molecule has 4 N–H and O–H groups in total. The fourth-order valence-electron chi connectivity index (χ4n) is 2.54. The Kier molecular flexibility index (Phi) is 5.17. The molecule has 1 aliphatic rings. The van der Waals surface area contributed by atoms with Gasteiger partial charge in [-0.15, -0.1) is 6.42 Å². The molecular weight excluding hydrogens is 330 g/mol. The van der Waals surface area contributed by atoms with E-state index in [2.05, 4.69) is 10.9 Å². The number of nitrogen functional groups attached to an aromatic ring is 1. The van der Waals surface area contributed by atoms with Gasteiger partial charge in [0.2, 0.25) is 0 Å². The van der Waals surface area contributed by atoms with E-state index in [4.69, 9.17) is 21.6 Å². The molecule has 4 atom stereocenters. The molecule has 136 valence electrons. The molecule has 1 aromatic rings. The number of nitrogens with two attached hydrogens (primary N) is 1. The Morgan fingerprint density at radius 2 is 2.24 bits per heavy atom. The predicted octanol–water partition coefficient (Wildman–Crippen LogP) is -1.20. The fraction of sp³-hybridized carbons (Fsp3) is 0.562. The van der Waals surface area contributed by atoms with E-state index in [9.17, 15) is 19.8 Å². The van der Waals surface area contributed by atoms with Crippen LogP contribution in [0.2, 0.25) is 0 Å². The highest BCUT2D eigenvalue weighted by Gasteiger charge is 2.61. The van der Waals surface area contributed by atoms with Crippen LogP contribution in [0.1, 0.15) is 26.3 Å². The van der Waals surface area contributed by atoms with Crippen molar-refractivity contribution in [1.82, 2.24) is 9.55 Å². The molecular formula is C16H21N3O6. The Morgan fingerprint density at radius 3 is 2.72 bits per heavy atom. The smallest absolute Gasteiger partial charge is 0.363 e. The fourth-order valence-corrected chi connectivity index (χ4v) is 2.54. The van der Waals surface area contributed by atoms with Gasteiger partial charge in [-0.1, -0.05) is 19.8 Å². The molecule has 1 aliphatic heterocycles. The average Bonchev–Trinajstić information content (AvgIpc) is 2.78. The van der Waals surface area contributed by atoms with Gasteiger partial charge in [0.15, 0.2) is 0 Å². The monoisotopic (exact) mass is 351 g/mol. The molecule has 0 aromatic carbocycles. The van der Waals surface area contributed by atoms with E-state index < -0.39 is 35.7 Å². The number of nitrogens with zero attached hydrogens (tertiary/aromatic N) is 2. The van der Waals surface area contributed by atoms with Gasteiger partial charge in [-0.2, -0.15) is 4.98 Å². The first-order valence-electron chi connectivity index (χ1n) is 7.72. The van der Waals surface area contributed by atoms with Crippen molar-refractivity contribution in [2.75, 3.05) is 12.3 Å². The highest BCUT2D eigenvalue weighted by molar-refractivity contribution is 5.79. The third-order valence-electron chi connectivity index (χ3n) is 3.88. The second kappa shape index (κ2) is 6.84. The Morgan fingerprint density at radius 1 is 1.60 bits per heavy atom. The quantitative estimate of drug-likeness (QED) is 0.454. The van der Waals surface area contributed by atoms with Crippen LogP contribution in [0, 0.1) is 18.3 Å². The molecule has 1 aromatic heterocycles. The Bertz CT molecular complexity index is 768. The lowest BCUT2D eigenvalue weighted by molar-refractivity contribution is -0.200. The molecule has 0 bridgehead atoms. The van der Waals surface area contributed by atoms with E-state index in [0.717, 1.165) is 10.8 Å². The van der Waals surface area contributed by atoms with Gasteiger partial charge >= 0.3 is 11.7 Å². The number of carbonyl (C=O) groups excluding carboxylic acids is 1. The summed E-state index contributed by atoms with van der Waals surface area (Å²) in [5.74, 6) is 1.00. The van der Waals surface area contributed by atoms with Crippen LogP contribution in [0.4, 0.5) is 5.82 Å². The van der Waals surface area contributed by atoms with Crippen molar-refractivity contribution < 1.29 is 24.5 Å². The second-order valence-corrected chi connectivity index (χ2v) is 6.28. The molecule has 1 fully saturated rings. The summed E-state index contributed by atoms with van der Waals surface area (Å²) in [5, 5.41) is 20.6. The van der Waals surface area contributed by atoms with Crippen LogP contribution in [0.5, 0.6) is 0 Å².